The van der Waals surface area contributed by atoms with E-state index in [0.717, 1.165) is 44.4 Å². The van der Waals surface area contributed by atoms with Crippen molar-refractivity contribution in [2.24, 2.45) is 0 Å². The first-order chi connectivity index (χ1) is 16.9. The number of para-hydroxylation sites is 4. The Morgan fingerprint density at radius 1 is 0.743 bits per heavy atom. The summed E-state index contributed by atoms with van der Waals surface area (Å²) >= 11 is 0. The van der Waals surface area contributed by atoms with Gasteiger partial charge in [0.15, 0.2) is 0 Å². The zero-order valence-corrected chi connectivity index (χ0v) is 21.0. The maximum Gasteiger partial charge on any atom is 0.149 e. The number of hydrogen-bond acceptors (Lipinski definition) is 2. The molecule has 2 aromatic heterocycles. The van der Waals surface area contributed by atoms with Gasteiger partial charge in [0.1, 0.15) is 17.0 Å². The molecule has 3 nitrogen and oxygen atoms in total. The Labute approximate surface area is 206 Å². The Bertz CT molecular complexity index is 1690. The Morgan fingerprint density at radius 2 is 1.40 bits per heavy atom. The van der Waals surface area contributed by atoms with E-state index in [1.807, 2.05) is 12.1 Å². The minimum Gasteiger partial charge on any atom is -0.455 e. The predicted octanol–water partition coefficient (Wildman–Crippen LogP) is 9.15. The van der Waals surface area contributed by atoms with E-state index in [2.05, 4.69) is 106 Å². The molecule has 0 spiro atoms. The lowest BCUT2D eigenvalue weighted by Gasteiger charge is -2.23. The summed E-state index contributed by atoms with van der Waals surface area (Å²) in [4.78, 5) is 5.21. The molecule has 0 aliphatic carbocycles. The van der Waals surface area contributed by atoms with E-state index in [9.17, 15) is 0 Å². The van der Waals surface area contributed by atoms with Crippen molar-refractivity contribution in [1.82, 2.24) is 9.55 Å². The summed E-state index contributed by atoms with van der Waals surface area (Å²) in [5, 5.41) is 2.25. The molecule has 174 valence electrons. The minimum absolute atomic E-state index is 0.374. The van der Waals surface area contributed by atoms with Gasteiger partial charge in [0, 0.05) is 10.8 Å². The molecule has 0 unspecified atom stereocenters. The van der Waals surface area contributed by atoms with E-state index >= 15 is 0 Å². The van der Waals surface area contributed by atoms with Crippen LogP contribution in [0.3, 0.4) is 0 Å². The fraction of sp³-hybridized carbons (Fsp3) is 0.219. The average Bonchev–Trinajstić information content (AvgIpc) is 3.42. The molecule has 0 saturated carbocycles. The number of aryl methyl sites for hydroxylation is 1. The van der Waals surface area contributed by atoms with Crippen LogP contribution in [0, 0.1) is 6.92 Å². The molecule has 0 amide bonds. The molecule has 3 heteroatoms. The summed E-state index contributed by atoms with van der Waals surface area (Å²) in [5.74, 6) is 1.67. The summed E-state index contributed by atoms with van der Waals surface area (Å²) in [5.41, 5.74) is 10.1. The third-order valence-electron chi connectivity index (χ3n) is 6.99. The van der Waals surface area contributed by atoms with E-state index in [-0.39, 0.29) is 0 Å². The molecule has 4 aromatic carbocycles. The molecule has 0 aliphatic heterocycles. The molecule has 0 atom stereocenters. The molecule has 35 heavy (non-hydrogen) atoms. The number of fused-ring (bicyclic) bond motifs is 4. The van der Waals surface area contributed by atoms with Crippen molar-refractivity contribution in [3.8, 4) is 17.1 Å². The van der Waals surface area contributed by atoms with E-state index < -0.39 is 0 Å². The van der Waals surface area contributed by atoms with Crippen LogP contribution in [0.15, 0.2) is 83.3 Å². The Balaban J connectivity index is 1.77. The van der Waals surface area contributed by atoms with Crippen LogP contribution in [0.5, 0.6) is 0 Å². The highest BCUT2D eigenvalue weighted by Gasteiger charge is 2.24. The molecule has 2 heterocycles. The van der Waals surface area contributed by atoms with Gasteiger partial charge in [0.25, 0.3) is 0 Å². The van der Waals surface area contributed by atoms with Crippen molar-refractivity contribution in [2.45, 2.75) is 46.5 Å². The average molecular weight is 459 g/mol. The largest absolute Gasteiger partial charge is 0.455 e. The van der Waals surface area contributed by atoms with Crippen molar-refractivity contribution in [2.75, 3.05) is 0 Å². The summed E-state index contributed by atoms with van der Waals surface area (Å²) in [6.45, 7) is 11.3. The molecular weight excluding hydrogens is 428 g/mol. The first kappa shape index (κ1) is 21.7. The number of aromatic nitrogens is 2. The van der Waals surface area contributed by atoms with Gasteiger partial charge < -0.3 is 4.42 Å². The molecule has 6 rings (SSSR count). The number of rotatable bonds is 4. The van der Waals surface area contributed by atoms with Crippen LogP contribution in [0.4, 0.5) is 0 Å². The standard InChI is InChI=1S/C32H30N2O/c1-19(2)25-17-21(5)18-26(20(3)4)30(25)34-28-15-8-7-14-27(28)33-32(34)24-13-10-12-23-22-11-6-9-16-29(22)35-31(23)24/h6-20H,1-5H3. The van der Waals surface area contributed by atoms with Gasteiger partial charge in [-0.15, -0.1) is 0 Å². The molecule has 0 radical (unpaired) electrons. The third-order valence-corrected chi connectivity index (χ3v) is 6.99. The number of furan rings is 1. The predicted molar refractivity (Wildman–Crippen MR) is 147 cm³/mol. The first-order valence-corrected chi connectivity index (χ1v) is 12.5. The van der Waals surface area contributed by atoms with Crippen LogP contribution in [0.25, 0.3) is 50.0 Å². The fourth-order valence-electron chi connectivity index (χ4n) is 5.33. The summed E-state index contributed by atoms with van der Waals surface area (Å²) < 4.78 is 8.82. The second-order valence-corrected chi connectivity index (χ2v) is 10.1. The van der Waals surface area contributed by atoms with Crippen LogP contribution in [-0.2, 0) is 0 Å². The zero-order chi connectivity index (χ0) is 24.3. The molecule has 0 bridgehead atoms. The lowest BCUT2D eigenvalue weighted by molar-refractivity contribution is 0.669. The second kappa shape index (κ2) is 8.13. The number of benzene rings is 4. The van der Waals surface area contributed by atoms with Gasteiger partial charge in [0.05, 0.1) is 22.3 Å². The maximum atomic E-state index is 6.45. The molecular formula is C32H30N2O. The van der Waals surface area contributed by atoms with Gasteiger partial charge >= 0.3 is 0 Å². The highest BCUT2D eigenvalue weighted by molar-refractivity contribution is 6.09. The van der Waals surface area contributed by atoms with Crippen LogP contribution in [0.1, 0.15) is 56.2 Å². The van der Waals surface area contributed by atoms with E-state index in [4.69, 9.17) is 9.40 Å². The van der Waals surface area contributed by atoms with E-state index in [1.165, 1.54) is 22.4 Å². The molecule has 0 saturated heterocycles. The Hall–Kier alpha value is -3.85. The molecule has 0 aliphatic rings. The van der Waals surface area contributed by atoms with Gasteiger partial charge in [-0.1, -0.05) is 87.9 Å². The SMILES string of the molecule is Cc1cc(C(C)C)c(-n2c(-c3cccc4c3oc3ccccc34)nc3ccccc32)c(C(C)C)c1. The number of imidazole rings is 1. The number of hydrogen-bond donors (Lipinski definition) is 0. The first-order valence-electron chi connectivity index (χ1n) is 12.5. The van der Waals surface area contributed by atoms with Gasteiger partial charge in [-0.05, 0) is 54.2 Å². The molecule has 0 fully saturated rings. The van der Waals surface area contributed by atoms with Gasteiger partial charge in [-0.3, -0.25) is 4.57 Å². The second-order valence-electron chi connectivity index (χ2n) is 10.1. The van der Waals surface area contributed by atoms with Gasteiger partial charge in [-0.2, -0.15) is 0 Å². The van der Waals surface area contributed by atoms with Crippen molar-refractivity contribution in [3.63, 3.8) is 0 Å². The Kier molecular flexibility index (Phi) is 5.03. The van der Waals surface area contributed by atoms with Gasteiger partial charge in [-0.25, -0.2) is 4.98 Å². The summed E-state index contributed by atoms with van der Waals surface area (Å²) in [6, 6.07) is 27.8. The van der Waals surface area contributed by atoms with Gasteiger partial charge in [0.2, 0.25) is 0 Å². The molecule has 0 N–H and O–H groups in total. The monoisotopic (exact) mass is 458 g/mol. The Morgan fingerprint density at radius 3 is 2.14 bits per heavy atom. The topological polar surface area (TPSA) is 31.0 Å². The lowest BCUT2D eigenvalue weighted by atomic mass is 9.90. The third kappa shape index (κ3) is 3.37. The normalized spacial score (nSPS) is 12.1. The van der Waals surface area contributed by atoms with Crippen molar-refractivity contribution < 1.29 is 4.42 Å². The fourth-order valence-corrected chi connectivity index (χ4v) is 5.33. The van der Waals surface area contributed by atoms with Crippen molar-refractivity contribution in [1.29, 1.82) is 0 Å². The van der Waals surface area contributed by atoms with E-state index in [0.29, 0.717) is 11.8 Å². The maximum absolute atomic E-state index is 6.45. The van der Waals surface area contributed by atoms with Crippen LogP contribution in [-0.4, -0.2) is 9.55 Å². The number of nitrogens with zero attached hydrogens (tertiary/aromatic N) is 2. The van der Waals surface area contributed by atoms with Crippen LogP contribution < -0.4 is 0 Å². The van der Waals surface area contributed by atoms with E-state index in [1.54, 1.807) is 0 Å². The summed E-state index contributed by atoms with van der Waals surface area (Å²) in [6.07, 6.45) is 0. The quantitative estimate of drug-likeness (QED) is 0.264. The summed E-state index contributed by atoms with van der Waals surface area (Å²) in [7, 11) is 0. The van der Waals surface area contributed by atoms with Crippen LogP contribution >= 0.6 is 0 Å². The minimum atomic E-state index is 0.374. The molecule has 6 aromatic rings. The van der Waals surface area contributed by atoms with Crippen LogP contribution in [0.2, 0.25) is 0 Å². The lowest BCUT2D eigenvalue weighted by Crippen LogP contribution is -2.09. The highest BCUT2D eigenvalue weighted by Crippen LogP contribution is 2.41. The van der Waals surface area contributed by atoms with Crippen molar-refractivity contribution >= 4 is 33.0 Å². The smallest absolute Gasteiger partial charge is 0.149 e. The highest BCUT2D eigenvalue weighted by atomic mass is 16.3. The zero-order valence-electron chi connectivity index (χ0n) is 21.0. The van der Waals surface area contributed by atoms with Crippen molar-refractivity contribution in [3.05, 3.63) is 95.6 Å².